The van der Waals surface area contributed by atoms with Gasteiger partial charge in [0.1, 0.15) is 5.69 Å². The zero-order chi connectivity index (χ0) is 16.8. The molecule has 3 heterocycles. The molecule has 3 aromatic rings. The maximum atomic E-state index is 12.5. The number of carbonyl (C=O) groups is 1. The summed E-state index contributed by atoms with van der Waals surface area (Å²) in [6, 6.07) is 2.00. The van der Waals surface area contributed by atoms with Gasteiger partial charge in [-0.2, -0.15) is 5.10 Å². The average Bonchev–Trinajstić information content (AvgIpc) is 3.28. The summed E-state index contributed by atoms with van der Waals surface area (Å²) < 4.78 is 2.78. The molecule has 0 saturated heterocycles. The van der Waals surface area contributed by atoms with Crippen molar-refractivity contribution in [1.29, 1.82) is 0 Å². The van der Waals surface area contributed by atoms with E-state index in [1.54, 1.807) is 12.3 Å². The zero-order valence-corrected chi connectivity index (χ0v) is 15.1. The highest BCUT2D eigenvalue weighted by atomic mass is 79.9. The van der Waals surface area contributed by atoms with Crippen LogP contribution in [0.5, 0.6) is 0 Å². The van der Waals surface area contributed by atoms with Crippen LogP contribution in [-0.2, 0) is 0 Å². The summed E-state index contributed by atoms with van der Waals surface area (Å²) in [6.45, 7) is 0. The fourth-order valence-corrected chi connectivity index (χ4v) is 4.59. The number of nitrogens with two attached hydrogens (primary N) is 1. The third-order valence-corrected chi connectivity index (χ3v) is 6.03. The molecule has 124 valence electrons. The SMILES string of the molecule is NC(=O)c1cc(-c2nn(C3CCCC3)c3c(Br)c[nH]c(=O)c23)cs1. The van der Waals surface area contributed by atoms with Crippen molar-refractivity contribution in [2.75, 3.05) is 0 Å². The molecular formula is C16H15BrN4O2S. The van der Waals surface area contributed by atoms with Gasteiger partial charge in [-0.1, -0.05) is 12.8 Å². The maximum Gasteiger partial charge on any atom is 0.259 e. The molecule has 3 aromatic heterocycles. The zero-order valence-electron chi connectivity index (χ0n) is 12.7. The fourth-order valence-electron chi connectivity index (χ4n) is 3.35. The number of thiophene rings is 1. The molecule has 0 radical (unpaired) electrons. The molecule has 8 heteroatoms. The Morgan fingerprint density at radius 2 is 2.17 bits per heavy atom. The average molecular weight is 407 g/mol. The first-order valence-corrected chi connectivity index (χ1v) is 9.41. The van der Waals surface area contributed by atoms with Crippen LogP contribution in [0.1, 0.15) is 41.4 Å². The minimum atomic E-state index is -0.471. The standard InChI is InChI=1S/C16H15BrN4O2S/c17-10-6-19-16(23)12-13(8-5-11(15(18)22)24-7-8)20-21(14(10)12)9-3-1-2-4-9/h5-7,9H,1-4H2,(H2,18,22)(H,19,23). The highest BCUT2D eigenvalue weighted by Crippen LogP contribution is 2.37. The number of fused-ring (bicyclic) bond motifs is 1. The van der Waals surface area contributed by atoms with E-state index in [0.717, 1.165) is 28.4 Å². The minimum Gasteiger partial charge on any atom is -0.365 e. The monoisotopic (exact) mass is 406 g/mol. The third kappa shape index (κ3) is 2.41. The van der Waals surface area contributed by atoms with Gasteiger partial charge in [-0.25, -0.2) is 0 Å². The van der Waals surface area contributed by atoms with Crippen molar-refractivity contribution in [2.45, 2.75) is 31.7 Å². The molecule has 1 aliphatic carbocycles. The second-order valence-corrected chi connectivity index (χ2v) is 7.75. The number of H-pyrrole nitrogens is 1. The van der Waals surface area contributed by atoms with Crippen molar-refractivity contribution in [2.24, 2.45) is 5.73 Å². The first-order valence-electron chi connectivity index (χ1n) is 7.74. The number of hydrogen-bond donors (Lipinski definition) is 2. The van der Waals surface area contributed by atoms with Gasteiger partial charge in [0.05, 0.1) is 26.3 Å². The second-order valence-electron chi connectivity index (χ2n) is 5.98. The van der Waals surface area contributed by atoms with Crippen LogP contribution in [0.25, 0.3) is 22.2 Å². The number of amides is 1. The first kappa shape index (κ1) is 15.6. The van der Waals surface area contributed by atoms with Gasteiger partial charge in [-0.15, -0.1) is 11.3 Å². The Morgan fingerprint density at radius 3 is 2.83 bits per heavy atom. The lowest BCUT2D eigenvalue weighted by Gasteiger charge is -2.11. The Morgan fingerprint density at radius 1 is 1.42 bits per heavy atom. The van der Waals surface area contributed by atoms with Crippen LogP contribution in [-0.4, -0.2) is 20.7 Å². The van der Waals surface area contributed by atoms with E-state index < -0.39 is 5.91 Å². The van der Waals surface area contributed by atoms with Crippen LogP contribution in [0.3, 0.4) is 0 Å². The van der Waals surface area contributed by atoms with Gasteiger partial charge in [0.25, 0.3) is 11.5 Å². The van der Waals surface area contributed by atoms with Gasteiger partial charge >= 0.3 is 0 Å². The third-order valence-electron chi connectivity index (χ3n) is 4.48. The van der Waals surface area contributed by atoms with E-state index in [2.05, 4.69) is 20.9 Å². The highest BCUT2D eigenvalue weighted by Gasteiger charge is 2.25. The Bertz CT molecular complexity index is 997. The van der Waals surface area contributed by atoms with Crippen molar-refractivity contribution in [3.8, 4) is 11.3 Å². The maximum absolute atomic E-state index is 12.5. The molecule has 3 N–H and O–H groups in total. The van der Waals surface area contributed by atoms with Crippen LogP contribution in [0.4, 0.5) is 0 Å². The van der Waals surface area contributed by atoms with Crippen LogP contribution < -0.4 is 11.3 Å². The van der Waals surface area contributed by atoms with E-state index in [1.165, 1.54) is 24.2 Å². The summed E-state index contributed by atoms with van der Waals surface area (Å²) in [5, 5.41) is 7.12. The Kier molecular flexibility index (Phi) is 3.80. The van der Waals surface area contributed by atoms with E-state index in [1.807, 2.05) is 10.1 Å². The molecule has 6 nitrogen and oxygen atoms in total. The molecule has 1 aliphatic rings. The van der Waals surface area contributed by atoms with Crippen LogP contribution >= 0.6 is 27.3 Å². The molecular weight excluding hydrogens is 392 g/mol. The van der Waals surface area contributed by atoms with Gasteiger partial charge in [-0.05, 0) is 34.8 Å². The van der Waals surface area contributed by atoms with Gasteiger partial charge in [0.2, 0.25) is 0 Å². The first-order chi connectivity index (χ1) is 11.6. The molecule has 0 aliphatic heterocycles. The summed E-state index contributed by atoms with van der Waals surface area (Å²) in [5.74, 6) is -0.471. The Balaban J connectivity index is 1.99. The van der Waals surface area contributed by atoms with Crippen molar-refractivity contribution in [3.63, 3.8) is 0 Å². The molecule has 1 amide bonds. The number of pyridine rings is 1. The topological polar surface area (TPSA) is 93.8 Å². The van der Waals surface area contributed by atoms with Crippen LogP contribution in [0, 0.1) is 0 Å². The van der Waals surface area contributed by atoms with Gasteiger partial charge in [-0.3, -0.25) is 14.3 Å². The van der Waals surface area contributed by atoms with E-state index in [4.69, 9.17) is 10.8 Å². The predicted molar refractivity (Wildman–Crippen MR) is 97.4 cm³/mol. The predicted octanol–water partition coefficient (Wildman–Crippen LogP) is 3.43. The lowest BCUT2D eigenvalue weighted by atomic mass is 10.1. The van der Waals surface area contributed by atoms with Gasteiger partial charge in [0, 0.05) is 17.1 Å². The van der Waals surface area contributed by atoms with Crippen LogP contribution in [0.15, 0.2) is 26.9 Å². The quantitative estimate of drug-likeness (QED) is 0.697. The van der Waals surface area contributed by atoms with Crippen molar-refractivity contribution in [3.05, 3.63) is 37.3 Å². The fraction of sp³-hybridized carbons (Fsp3) is 0.312. The van der Waals surface area contributed by atoms with Crippen molar-refractivity contribution < 1.29 is 4.79 Å². The van der Waals surface area contributed by atoms with Gasteiger partial charge < -0.3 is 10.7 Å². The summed E-state index contributed by atoms with van der Waals surface area (Å²) >= 11 is 4.81. The molecule has 0 atom stereocenters. The molecule has 0 aromatic carbocycles. The van der Waals surface area contributed by atoms with E-state index >= 15 is 0 Å². The number of aromatic amines is 1. The lowest BCUT2D eigenvalue weighted by Crippen LogP contribution is -2.09. The number of rotatable bonds is 3. The largest absolute Gasteiger partial charge is 0.365 e. The van der Waals surface area contributed by atoms with E-state index in [-0.39, 0.29) is 5.56 Å². The second kappa shape index (κ2) is 5.86. The smallest absolute Gasteiger partial charge is 0.259 e. The Hall–Kier alpha value is -1.93. The minimum absolute atomic E-state index is 0.181. The molecule has 24 heavy (non-hydrogen) atoms. The summed E-state index contributed by atoms with van der Waals surface area (Å²) in [4.78, 5) is 27.1. The highest BCUT2D eigenvalue weighted by molar-refractivity contribution is 9.10. The van der Waals surface area contributed by atoms with Crippen LogP contribution in [0.2, 0.25) is 0 Å². The molecule has 0 spiro atoms. The number of carbonyl (C=O) groups excluding carboxylic acids is 1. The summed E-state index contributed by atoms with van der Waals surface area (Å²) in [7, 11) is 0. The summed E-state index contributed by atoms with van der Waals surface area (Å²) in [5.41, 5.74) is 7.33. The van der Waals surface area contributed by atoms with E-state index in [9.17, 15) is 9.59 Å². The van der Waals surface area contributed by atoms with Crippen molar-refractivity contribution in [1.82, 2.24) is 14.8 Å². The summed E-state index contributed by atoms with van der Waals surface area (Å²) in [6.07, 6.45) is 6.13. The number of nitrogens with one attached hydrogen (secondary N) is 1. The molecule has 0 bridgehead atoms. The number of primary amides is 1. The molecule has 4 rings (SSSR count). The number of nitrogens with zero attached hydrogens (tertiary/aromatic N) is 2. The number of aromatic nitrogens is 3. The van der Waals surface area contributed by atoms with Crippen molar-refractivity contribution >= 4 is 44.1 Å². The number of halogens is 1. The Labute approximate surface area is 149 Å². The van der Waals surface area contributed by atoms with Gasteiger partial charge in [0.15, 0.2) is 0 Å². The molecule has 0 unspecified atom stereocenters. The molecule has 1 fully saturated rings. The lowest BCUT2D eigenvalue weighted by molar-refractivity contribution is 0.100. The normalized spacial score (nSPS) is 15.4. The number of hydrogen-bond acceptors (Lipinski definition) is 4. The molecule has 1 saturated carbocycles. The van der Waals surface area contributed by atoms with E-state index in [0.29, 0.717) is 22.0 Å².